The normalized spacial score (nSPS) is 14.2. The molecule has 0 saturated carbocycles. The highest BCUT2D eigenvalue weighted by Crippen LogP contribution is 2.34. The largest absolute Gasteiger partial charge is 0.494 e. The molecule has 1 aliphatic rings. The van der Waals surface area contributed by atoms with Gasteiger partial charge in [0.2, 0.25) is 5.76 Å². The molecular weight excluding hydrogens is 552 g/mol. The van der Waals surface area contributed by atoms with Gasteiger partial charge in [0.1, 0.15) is 12.0 Å². The molecule has 2 heterocycles. The Kier molecular flexibility index (Phi) is 15.0. The third kappa shape index (κ3) is 11.3. The van der Waals surface area contributed by atoms with Crippen LogP contribution in [0, 0.1) is 0 Å². The van der Waals surface area contributed by atoms with Crippen molar-refractivity contribution in [1.82, 2.24) is 9.97 Å². The fraction of sp³-hybridized carbons (Fsp3) is 0.514. The van der Waals surface area contributed by atoms with Crippen molar-refractivity contribution in [2.45, 2.75) is 90.8 Å². The van der Waals surface area contributed by atoms with E-state index in [9.17, 15) is 0 Å². The first kappa shape index (κ1) is 33.5. The van der Waals surface area contributed by atoms with Crippen LogP contribution in [0.2, 0.25) is 0 Å². The van der Waals surface area contributed by atoms with E-state index in [1.54, 1.807) is 6.26 Å². The maximum absolute atomic E-state index is 6.17. The van der Waals surface area contributed by atoms with E-state index < -0.39 is 6.29 Å². The summed E-state index contributed by atoms with van der Waals surface area (Å²) >= 11 is 0. The summed E-state index contributed by atoms with van der Waals surface area (Å²) in [6, 6.07) is 16.3. The molecule has 3 aromatic rings. The second-order valence-electron chi connectivity index (χ2n) is 11.2. The van der Waals surface area contributed by atoms with Gasteiger partial charge < -0.3 is 23.7 Å². The Bertz CT molecular complexity index is 1230. The highest BCUT2D eigenvalue weighted by Gasteiger charge is 2.26. The fourth-order valence-corrected chi connectivity index (χ4v) is 4.97. The molecule has 0 N–H and O–H groups in total. The summed E-state index contributed by atoms with van der Waals surface area (Å²) in [5, 5.41) is 0. The van der Waals surface area contributed by atoms with Crippen LogP contribution in [0.1, 0.15) is 101 Å². The van der Waals surface area contributed by atoms with Crippen LogP contribution in [-0.2, 0) is 25.4 Å². The van der Waals surface area contributed by atoms with Crippen LogP contribution in [0.25, 0.3) is 16.9 Å². The third-order valence-corrected chi connectivity index (χ3v) is 7.62. The van der Waals surface area contributed by atoms with Gasteiger partial charge in [-0.05, 0) is 68.2 Å². The molecule has 238 valence electrons. The van der Waals surface area contributed by atoms with Crippen LogP contribution in [0.3, 0.4) is 0 Å². The standard InChI is InChI=1S/C37H50N2O5/c1-3-5-7-11-23-41-24-12-10-16-31-15-8-9-17-34(31)37-43-29-35(44-37)36-38-27-32(28-39-36)30-18-20-33(21-19-30)42-26-14-13-25-40-22-6-4-2/h8-9,15,17-21,27-29,37H,3-7,10-14,16,22-26H2,1-2H3. The van der Waals surface area contributed by atoms with E-state index in [0.29, 0.717) is 18.2 Å². The van der Waals surface area contributed by atoms with E-state index in [-0.39, 0.29) is 0 Å². The Morgan fingerprint density at radius 1 is 0.659 bits per heavy atom. The zero-order valence-corrected chi connectivity index (χ0v) is 26.7. The molecule has 7 nitrogen and oxygen atoms in total. The molecule has 4 rings (SSSR count). The summed E-state index contributed by atoms with van der Waals surface area (Å²) < 4.78 is 29.4. The van der Waals surface area contributed by atoms with Gasteiger partial charge >= 0.3 is 0 Å². The highest BCUT2D eigenvalue weighted by atomic mass is 16.7. The summed E-state index contributed by atoms with van der Waals surface area (Å²) in [6.07, 6.45) is 17.1. The van der Waals surface area contributed by atoms with E-state index in [2.05, 4.69) is 42.0 Å². The van der Waals surface area contributed by atoms with Gasteiger partial charge in [0, 0.05) is 49.9 Å². The van der Waals surface area contributed by atoms with Crippen LogP contribution >= 0.6 is 0 Å². The maximum atomic E-state index is 6.17. The predicted molar refractivity (Wildman–Crippen MR) is 175 cm³/mol. The summed E-state index contributed by atoms with van der Waals surface area (Å²) in [4.78, 5) is 9.13. The van der Waals surface area contributed by atoms with Gasteiger partial charge in [-0.1, -0.05) is 75.9 Å². The van der Waals surface area contributed by atoms with Crippen LogP contribution in [0.15, 0.2) is 67.2 Å². The number of nitrogens with zero attached hydrogens (tertiary/aromatic N) is 2. The van der Waals surface area contributed by atoms with Crippen LogP contribution in [0.5, 0.6) is 5.75 Å². The lowest BCUT2D eigenvalue weighted by Gasteiger charge is -2.16. The number of hydrogen-bond acceptors (Lipinski definition) is 7. The first-order valence-corrected chi connectivity index (χ1v) is 16.6. The average Bonchev–Trinajstić information content (AvgIpc) is 3.56. The first-order chi connectivity index (χ1) is 21.8. The lowest BCUT2D eigenvalue weighted by atomic mass is 10.0. The van der Waals surface area contributed by atoms with Gasteiger partial charge in [-0.3, -0.25) is 0 Å². The number of rotatable bonds is 22. The zero-order valence-electron chi connectivity index (χ0n) is 26.7. The first-order valence-electron chi connectivity index (χ1n) is 16.6. The van der Waals surface area contributed by atoms with Crippen LogP contribution < -0.4 is 4.74 Å². The highest BCUT2D eigenvalue weighted by molar-refractivity contribution is 5.63. The van der Waals surface area contributed by atoms with E-state index in [0.717, 1.165) is 93.8 Å². The van der Waals surface area contributed by atoms with Gasteiger partial charge in [0.05, 0.1) is 6.61 Å². The molecule has 0 bridgehead atoms. The molecule has 0 amide bonds. The van der Waals surface area contributed by atoms with Crippen molar-refractivity contribution in [3.8, 4) is 16.9 Å². The van der Waals surface area contributed by atoms with Crippen LogP contribution in [-0.4, -0.2) is 43.0 Å². The predicted octanol–water partition coefficient (Wildman–Crippen LogP) is 9.08. The fourth-order valence-electron chi connectivity index (χ4n) is 4.97. The minimum Gasteiger partial charge on any atom is -0.494 e. The van der Waals surface area contributed by atoms with Crippen molar-refractivity contribution in [3.05, 3.63) is 84.1 Å². The quantitative estimate of drug-likeness (QED) is 0.106. The van der Waals surface area contributed by atoms with Crippen molar-refractivity contribution in [3.63, 3.8) is 0 Å². The molecule has 1 aromatic heterocycles. The summed E-state index contributed by atoms with van der Waals surface area (Å²) in [5.41, 5.74) is 4.23. The van der Waals surface area contributed by atoms with E-state index >= 15 is 0 Å². The van der Waals surface area contributed by atoms with Crippen molar-refractivity contribution in [1.29, 1.82) is 0 Å². The SMILES string of the molecule is CCCCCCOCCCCc1ccccc1C1OC=C(c2ncc(-c3ccc(OCCCCOCCCC)cc3)cn2)O1. The molecule has 0 fully saturated rings. The van der Waals surface area contributed by atoms with Crippen LogP contribution in [0.4, 0.5) is 0 Å². The van der Waals surface area contributed by atoms with Crippen molar-refractivity contribution >= 4 is 5.76 Å². The molecule has 2 aromatic carbocycles. The molecule has 0 radical (unpaired) electrons. The number of aryl methyl sites for hydroxylation is 1. The molecule has 0 aliphatic carbocycles. The molecular formula is C37H50N2O5. The lowest BCUT2D eigenvalue weighted by molar-refractivity contribution is -0.0181. The van der Waals surface area contributed by atoms with Crippen molar-refractivity contribution in [2.24, 2.45) is 0 Å². The molecule has 7 heteroatoms. The molecule has 1 atom stereocenters. The Balaban J connectivity index is 1.19. The summed E-state index contributed by atoms with van der Waals surface area (Å²) in [7, 11) is 0. The van der Waals surface area contributed by atoms with E-state index in [1.807, 2.05) is 42.7 Å². The summed E-state index contributed by atoms with van der Waals surface area (Å²) in [6.45, 7) is 8.43. The Morgan fingerprint density at radius 3 is 2.07 bits per heavy atom. The Labute approximate surface area is 264 Å². The second-order valence-corrected chi connectivity index (χ2v) is 11.2. The molecule has 44 heavy (non-hydrogen) atoms. The van der Waals surface area contributed by atoms with E-state index in [1.165, 1.54) is 31.2 Å². The number of benzene rings is 2. The van der Waals surface area contributed by atoms with Gasteiger partial charge in [-0.15, -0.1) is 0 Å². The van der Waals surface area contributed by atoms with Gasteiger partial charge in [0.25, 0.3) is 6.29 Å². The lowest BCUT2D eigenvalue weighted by Crippen LogP contribution is -2.05. The summed E-state index contributed by atoms with van der Waals surface area (Å²) in [5.74, 6) is 1.90. The van der Waals surface area contributed by atoms with Crippen molar-refractivity contribution in [2.75, 3.05) is 33.0 Å². The smallest absolute Gasteiger partial charge is 0.267 e. The van der Waals surface area contributed by atoms with E-state index in [4.69, 9.17) is 23.7 Å². The number of unbranched alkanes of at least 4 members (excludes halogenated alkanes) is 6. The number of hydrogen-bond donors (Lipinski definition) is 0. The Hall–Kier alpha value is -3.42. The topological polar surface area (TPSA) is 71.9 Å². The number of ether oxygens (including phenoxy) is 5. The van der Waals surface area contributed by atoms with Gasteiger partial charge in [-0.25, -0.2) is 9.97 Å². The maximum Gasteiger partial charge on any atom is 0.267 e. The monoisotopic (exact) mass is 602 g/mol. The molecule has 0 saturated heterocycles. The van der Waals surface area contributed by atoms with Crippen molar-refractivity contribution < 1.29 is 23.7 Å². The number of aromatic nitrogens is 2. The minimum absolute atomic E-state index is 0.500. The third-order valence-electron chi connectivity index (χ3n) is 7.62. The minimum atomic E-state index is -0.500. The molecule has 1 aliphatic heterocycles. The average molecular weight is 603 g/mol. The molecule has 0 spiro atoms. The second kappa shape index (κ2) is 19.8. The van der Waals surface area contributed by atoms with Gasteiger partial charge in [0.15, 0.2) is 5.82 Å². The molecule has 1 unspecified atom stereocenters. The Morgan fingerprint density at radius 2 is 1.32 bits per heavy atom. The van der Waals surface area contributed by atoms with Gasteiger partial charge in [-0.2, -0.15) is 0 Å². The zero-order chi connectivity index (χ0) is 30.7.